The predicted molar refractivity (Wildman–Crippen MR) is 90.9 cm³/mol. The van der Waals surface area contributed by atoms with E-state index in [-0.39, 0.29) is 12.5 Å². The highest BCUT2D eigenvalue weighted by atomic mass is 16.5. The first-order valence-corrected chi connectivity index (χ1v) is 7.59. The summed E-state index contributed by atoms with van der Waals surface area (Å²) in [5.74, 6) is 1.10. The average molecular weight is 314 g/mol. The smallest absolute Gasteiger partial charge is 0.262 e. The van der Waals surface area contributed by atoms with Crippen molar-refractivity contribution in [2.75, 3.05) is 25.6 Å². The van der Waals surface area contributed by atoms with Gasteiger partial charge in [-0.2, -0.15) is 0 Å². The van der Waals surface area contributed by atoms with Crippen LogP contribution in [-0.2, 0) is 11.3 Å². The lowest BCUT2D eigenvalue weighted by Gasteiger charge is -2.13. The molecule has 122 valence electrons. The lowest BCUT2D eigenvalue weighted by atomic mass is 10.2. The Bertz CT molecular complexity index is 644. The second-order valence-electron chi connectivity index (χ2n) is 4.93. The number of para-hydroxylation sites is 3. The summed E-state index contributed by atoms with van der Waals surface area (Å²) in [5.41, 5.74) is 1.66. The second kappa shape index (κ2) is 8.80. The van der Waals surface area contributed by atoms with Crippen LogP contribution >= 0.6 is 0 Å². The van der Waals surface area contributed by atoms with Gasteiger partial charge in [0.05, 0.1) is 12.8 Å². The SMILES string of the molecule is CCNCc1ccccc1OCC(=O)Nc1ccccc1OC. The Morgan fingerprint density at radius 1 is 1.04 bits per heavy atom. The molecule has 0 saturated heterocycles. The van der Waals surface area contributed by atoms with E-state index in [0.717, 1.165) is 12.1 Å². The molecule has 2 rings (SSSR count). The summed E-state index contributed by atoms with van der Waals surface area (Å²) >= 11 is 0. The van der Waals surface area contributed by atoms with Crippen LogP contribution in [0.25, 0.3) is 0 Å². The summed E-state index contributed by atoms with van der Waals surface area (Å²) in [7, 11) is 1.57. The zero-order valence-electron chi connectivity index (χ0n) is 13.5. The van der Waals surface area contributed by atoms with Crippen LogP contribution in [0.2, 0.25) is 0 Å². The molecule has 0 saturated carbocycles. The fourth-order valence-corrected chi connectivity index (χ4v) is 2.13. The Labute approximate surface area is 136 Å². The maximum absolute atomic E-state index is 12.1. The molecule has 2 N–H and O–H groups in total. The van der Waals surface area contributed by atoms with Crippen LogP contribution in [0.1, 0.15) is 12.5 Å². The molecule has 1 amide bonds. The Kier molecular flexibility index (Phi) is 6.44. The zero-order chi connectivity index (χ0) is 16.5. The first-order valence-electron chi connectivity index (χ1n) is 7.59. The lowest BCUT2D eigenvalue weighted by Crippen LogP contribution is -2.21. The van der Waals surface area contributed by atoms with E-state index < -0.39 is 0 Å². The molecule has 0 bridgehead atoms. The highest BCUT2D eigenvalue weighted by Crippen LogP contribution is 2.23. The number of anilines is 1. The van der Waals surface area contributed by atoms with E-state index in [1.807, 2.05) is 43.3 Å². The monoisotopic (exact) mass is 314 g/mol. The molecule has 0 aromatic heterocycles. The quantitative estimate of drug-likeness (QED) is 0.786. The third-order valence-corrected chi connectivity index (χ3v) is 3.28. The molecule has 5 heteroatoms. The molecule has 0 unspecified atom stereocenters. The minimum Gasteiger partial charge on any atom is -0.495 e. The summed E-state index contributed by atoms with van der Waals surface area (Å²) in [6, 6.07) is 15.0. The highest BCUT2D eigenvalue weighted by Gasteiger charge is 2.09. The van der Waals surface area contributed by atoms with Crippen LogP contribution in [-0.4, -0.2) is 26.2 Å². The van der Waals surface area contributed by atoms with E-state index >= 15 is 0 Å². The van der Waals surface area contributed by atoms with Gasteiger partial charge in [-0.1, -0.05) is 37.3 Å². The molecule has 2 aromatic rings. The van der Waals surface area contributed by atoms with E-state index in [1.165, 1.54) is 0 Å². The van der Waals surface area contributed by atoms with Gasteiger partial charge in [0, 0.05) is 12.1 Å². The first-order chi connectivity index (χ1) is 11.2. The summed E-state index contributed by atoms with van der Waals surface area (Å²) in [4.78, 5) is 12.1. The Balaban J connectivity index is 1.94. The van der Waals surface area contributed by atoms with Gasteiger partial charge in [0.25, 0.3) is 5.91 Å². The predicted octanol–water partition coefficient (Wildman–Crippen LogP) is 2.82. The molecule has 0 aliphatic rings. The van der Waals surface area contributed by atoms with E-state index in [9.17, 15) is 4.79 Å². The molecular weight excluding hydrogens is 292 g/mol. The average Bonchev–Trinajstić information content (AvgIpc) is 2.59. The summed E-state index contributed by atoms with van der Waals surface area (Å²) in [5, 5.41) is 6.04. The molecular formula is C18H22N2O3. The second-order valence-corrected chi connectivity index (χ2v) is 4.93. The number of hydrogen-bond acceptors (Lipinski definition) is 4. The van der Waals surface area contributed by atoms with Gasteiger partial charge < -0.3 is 20.1 Å². The van der Waals surface area contributed by atoms with Gasteiger partial charge in [0.2, 0.25) is 0 Å². The van der Waals surface area contributed by atoms with Crippen molar-refractivity contribution in [2.24, 2.45) is 0 Å². The van der Waals surface area contributed by atoms with Crippen LogP contribution in [0.15, 0.2) is 48.5 Å². The molecule has 5 nitrogen and oxygen atoms in total. The van der Waals surface area contributed by atoms with Gasteiger partial charge in [0.1, 0.15) is 11.5 Å². The molecule has 0 fully saturated rings. The largest absolute Gasteiger partial charge is 0.495 e. The van der Waals surface area contributed by atoms with Crippen LogP contribution in [0.4, 0.5) is 5.69 Å². The van der Waals surface area contributed by atoms with Crippen molar-refractivity contribution in [3.63, 3.8) is 0 Å². The molecule has 23 heavy (non-hydrogen) atoms. The topological polar surface area (TPSA) is 59.6 Å². The fourth-order valence-electron chi connectivity index (χ4n) is 2.13. The van der Waals surface area contributed by atoms with Crippen molar-refractivity contribution >= 4 is 11.6 Å². The molecule has 2 aromatic carbocycles. The number of carbonyl (C=O) groups is 1. The number of methoxy groups -OCH3 is 1. The van der Waals surface area contributed by atoms with E-state index in [4.69, 9.17) is 9.47 Å². The van der Waals surface area contributed by atoms with Crippen LogP contribution < -0.4 is 20.1 Å². The first kappa shape index (κ1) is 16.8. The van der Waals surface area contributed by atoms with Crippen molar-refractivity contribution in [1.82, 2.24) is 5.32 Å². The third kappa shape index (κ3) is 5.00. The highest BCUT2D eigenvalue weighted by molar-refractivity contribution is 5.93. The van der Waals surface area contributed by atoms with Gasteiger partial charge >= 0.3 is 0 Å². The van der Waals surface area contributed by atoms with Crippen molar-refractivity contribution in [3.8, 4) is 11.5 Å². The number of hydrogen-bond donors (Lipinski definition) is 2. The molecule has 0 radical (unpaired) electrons. The van der Waals surface area contributed by atoms with Gasteiger partial charge in [-0.3, -0.25) is 4.79 Å². The molecule has 0 atom stereocenters. The van der Waals surface area contributed by atoms with Crippen molar-refractivity contribution in [1.29, 1.82) is 0 Å². The van der Waals surface area contributed by atoms with Gasteiger partial charge in [-0.25, -0.2) is 0 Å². The zero-order valence-corrected chi connectivity index (χ0v) is 13.5. The van der Waals surface area contributed by atoms with Crippen LogP contribution in [0, 0.1) is 0 Å². The van der Waals surface area contributed by atoms with Crippen molar-refractivity contribution in [3.05, 3.63) is 54.1 Å². The molecule has 0 spiro atoms. The Morgan fingerprint density at radius 2 is 1.74 bits per heavy atom. The molecule has 0 heterocycles. The maximum atomic E-state index is 12.1. The van der Waals surface area contributed by atoms with Crippen LogP contribution in [0.5, 0.6) is 11.5 Å². The lowest BCUT2D eigenvalue weighted by molar-refractivity contribution is -0.118. The van der Waals surface area contributed by atoms with Crippen molar-refractivity contribution < 1.29 is 14.3 Å². The minimum atomic E-state index is -0.229. The fraction of sp³-hybridized carbons (Fsp3) is 0.278. The minimum absolute atomic E-state index is 0.0544. The number of benzene rings is 2. The van der Waals surface area contributed by atoms with Gasteiger partial charge in [-0.05, 0) is 24.7 Å². The summed E-state index contributed by atoms with van der Waals surface area (Å²) < 4.78 is 10.9. The van der Waals surface area contributed by atoms with Gasteiger partial charge in [0.15, 0.2) is 6.61 Å². The number of carbonyl (C=O) groups excluding carboxylic acids is 1. The number of rotatable bonds is 8. The maximum Gasteiger partial charge on any atom is 0.262 e. The number of amides is 1. The number of nitrogens with one attached hydrogen (secondary N) is 2. The standard InChI is InChI=1S/C18H22N2O3/c1-3-19-12-14-8-4-6-10-16(14)23-13-18(21)20-15-9-5-7-11-17(15)22-2/h4-11,19H,3,12-13H2,1-2H3,(H,20,21). The van der Waals surface area contributed by atoms with Crippen molar-refractivity contribution in [2.45, 2.75) is 13.5 Å². The third-order valence-electron chi connectivity index (χ3n) is 3.28. The normalized spacial score (nSPS) is 10.2. The molecule has 0 aliphatic heterocycles. The van der Waals surface area contributed by atoms with Crippen LogP contribution in [0.3, 0.4) is 0 Å². The molecule has 0 aliphatic carbocycles. The van der Waals surface area contributed by atoms with E-state index in [1.54, 1.807) is 19.2 Å². The Morgan fingerprint density at radius 3 is 2.48 bits per heavy atom. The summed E-state index contributed by atoms with van der Waals surface area (Å²) in [6.45, 7) is 3.58. The summed E-state index contributed by atoms with van der Waals surface area (Å²) in [6.07, 6.45) is 0. The Hall–Kier alpha value is -2.53. The van der Waals surface area contributed by atoms with Gasteiger partial charge in [-0.15, -0.1) is 0 Å². The van der Waals surface area contributed by atoms with E-state index in [2.05, 4.69) is 10.6 Å². The van der Waals surface area contributed by atoms with E-state index in [0.29, 0.717) is 23.7 Å². The number of ether oxygens (including phenoxy) is 2.